The molecule has 1 aliphatic carbocycles. The van der Waals surface area contributed by atoms with Crippen LogP contribution in [0.3, 0.4) is 0 Å². The molecule has 2 aromatic rings. The van der Waals surface area contributed by atoms with Crippen LogP contribution >= 0.6 is 15.9 Å². The normalized spacial score (nSPS) is 22.9. The predicted molar refractivity (Wildman–Crippen MR) is 90.0 cm³/mol. The summed E-state index contributed by atoms with van der Waals surface area (Å²) >= 11 is 3.68. The summed E-state index contributed by atoms with van der Waals surface area (Å²) in [5.74, 6) is 1.65. The fourth-order valence-corrected chi connectivity index (χ4v) is 3.64. The second kappa shape index (κ2) is 5.87. The fourth-order valence-electron chi connectivity index (χ4n) is 3.16. The van der Waals surface area contributed by atoms with Crippen molar-refractivity contribution < 1.29 is 0 Å². The third-order valence-corrected chi connectivity index (χ3v) is 5.15. The highest BCUT2D eigenvalue weighted by atomic mass is 79.9. The van der Waals surface area contributed by atoms with Crippen LogP contribution in [0.1, 0.15) is 38.3 Å². The van der Waals surface area contributed by atoms with Crippen molar-refractivity contribution in [1.82, 2.24) is 5.32 Å². The average Bonchev–Trinajstić information content (AvgIpc) is 3.18. The summed E-state index contributed by atoms with van der Waals surface area (Å²) in [5.41, 5.74) is 1.46. The molecule has 2 aromatic carbocycles. The highest BCUT2D eigenvalue weighted by Gasteiger charge is 2.40. The maximum absolute atomic E-state index is 3.77. The Labute approximate surface area is 129 Å². The van der Waals surface area contributed by atoms with Crippen LogP contribution < -0.4 is 5.32 Å². The quantitative estimate of drug-likeness (QED) is 0.783. The molecule has 0 heterocycles. The van der Waals surface area contributed by atoms with Gasteiger partial charge in [-0.25, -0.2) is 0 Å². The molecule has 2 heteroatoms. The molecule has 0 aromatic heterocycles. The summed E-state index contributed by atoms with van der Waals surface area (Å²) in [5, 5.41) is 6.48. The molecule has 106 valence electrons. The Morgan fingerprint density at radius 2 is 1.90 bits per heavy atom. The SMILES string of the molecule is CCCNC(c1ccc(Br)c2ccccc12)C1CC1C. The van der Waals surface area contributed by atoms with Crippen LogP contribution in [0.5, 0.6) is 0 Å². The van der Waals surface area contributed by atoms with Gasteiger partial charge in [0.05, 0.1) is 0 Å². The van der Waals surface area contributed by atoms with E-state index in [-0.39, 0.29) is 0 Å². The third kappa shape index (κ3) is 2.64. The van der Waals surface area contributed by atoms with Crippen molar-refractivity contribution in [1.29, 1.82) is 0 Å². The van der Waals surface area contributed by atoms with E-state index in [1.54, 1.807) is 0 Å². The van der Waals surface area contributed by atoms with Gasteiger partial charge in [0.15, 0.2) is 0 Å². The summed E-state index contributed by atoms with van der Waals surface area (Å²) < 4.78 is 1.19. The summed E-state index contributed by atoms with van der Waals surface area (Å²) in [7, 11) is 0. The van der Waals surface area contributed by atoms with Gasteiger partial charge >= 0.3 is 0 Å². The molecule has 3 rings (SSSR count). The van der Waals surface area contributed by atoms with E-state index in [4.69, 9.17) is 0 Å². The first-order valence-corrected chi connectivity index (χ1v) is 8.42. The standard InChI is InChI=1S/C18H22BrN/c1-3-10-20-18(16-11-12(16)2)15-8-9-17(19)14-7-5-4-6-13(14)15/h4-9,12,16,18,20H,3,10-11H2,1-2H3. The molecule has 3 atom stereocenters. The zero-order valence-corrected chi connectivity index (χ0v) is 13.8. The molecular weight excluding hydrogens is 310 g/mol. The highest BCUT2D eigenvalue weighted by molar-refractivity contribution is 9.10. The maximum Gasteiger partial charge on any atom is 0.0357 e. The number of benzene rings is 2. The molecule has 0 radical (unpaired) electrons. The lowest BCUT2D eigenvalue weighted by Crippen LogP contribution is -2.24. The van der Waals surface area contributed by atoms with E-state index >= 15 is 0 Å². The molecule has 0 saturated heterocycles. The molecule has 1 fully saturated rings. The molecular formula is C18H22BrN. The minimum atomic E-state index is 0.503. The Morgan fingerprint density at radius 1 is 1.20 bits per heavy atom. The van der Waals surface area contributed by atoms with Crippen molar-refractivity contribution in [3.05, 3.63) is 46.4 Å². The number of hydrogen-bond acceptors (Lipinski definition) is 1. The summed E-state index contributed by atoms with van der Waals surface area (Å²) in [4.78, 5) is 0. The number of halogens is 1. The number of rotatable bonds is 5. The largest absolute Gasteiger partial charge is 0.310 e. The second-order valence-electron chi connectivity index (χ2n) is 5.99. The Balaban J connectivity index is 2.04. The molecule has 1 aliphatic rings. The molecule has 0 bridgehead atoms. The number of nitrogens with one attached hydrogen (secondary N) is 1. The average molecular weight is 332 g/mol. The first kappa shape index (κ1) is 14.1. The van der Waals surface area contributed by atoms with Gasteiger partial charge in [-0.2, -0.15) is 0 Å². The lowest BCUT2D eigenvalue weighted by Gasteiger charge is -2.21. The van der Waals surface area contributed by atoms with Crippen molar-refractivity contribution in [3.63, 3.8) is 0 Å². The third-order valence-electron chi connectivity index (χ3n) is 4.45. The first-order chi connectivity index (χ1) is 9.72. The van der Waals surface area contributed by atoms with Gasteiger partial charge in [-0.1, -0.05) is 60.1 Å². The number of fused-ring (bicyclic) bond motifs is 1. The van der Waals surface area contributed by atoms with Crippen molar-refractivity contribution in [3.8, 4) is 0 Å². The maximum atomic E-state index is 3.77. The van der Waals surface area contributed by atoms with Crippen LogP contribution in [-0.2, 0) is 0 Å². The predicted octanol–water partition coefficient (Wildman–Crippen LogP) is 5.30. The molecule has 3 unspecified atom stereocenters. The van der Waals surface area contributed by atoms with Gasteiger partial charge in [-0.3, -0.25) is 0 Å². The number of hydrogen-bond donors (Lipinski definition) is 1. The fraction of sp³-hybridized carbons (Fsp3) is 0.444. The topological polar surface area (TPSA) is 12.0 Å². The molecule has 1 nitrogen and oxygen atoms in total. The summed E-state index contributed by atoms with van der Waals surface area (Å²) in [6.45, 7) is 5.70. The Kier molecular flexibility index (Phi) is 4.13. The minimum Gasteiger partial charge on any atom is -0.310 e. The summed E-state index contributed by atoms with van der Waals surface area (Å²) in [6, 6.07) is 13.7. The molecule has 0 amide bonds. The molecule has 0 spiro atoms. The van der Waals surface area contributed by atoms with Crippen LogP contribution in [0.2, 0.25) is 0 Å². The minimum absolute atomic E-state index is 0.503. The van der Waals surface area contributed by atoms with Crippen LogP contribution in [0.4, 0.5) is 0 Å². The van der Waals surface area contributed by atoms with E-state index in [0.29, 0.717) is 6.04 Å². The van der Waals surface area contributed by atoms with Gasteiger partial charge in [0, 0.05) is 10.5 Å². The van der Waals surface area contributed by atoms with Crippen LogP contribution in [0, 0.1) is 11.8 Å². The highest BCUT2D eigenvalue weighted by Crippen LogP contribution is 2.48. The first-order valence-electron chi connectivity index (χ1n) is 7.63. The molecule has 20 heavy (non-hydrogen) atoms. The van der Waals surface area contributed by atoms with Gasteiger partial charge < -0.3 is 5.32 Å². The van der Waals surface area contributed by atoms with Gasteiger partial charge in [0.25, 0.3) is 0 Å². The Hall–Kier alpha value is -0.860. The lowest BCUT2D eigenvalue weighted by atomic mass is 9.95. The van der Waals surface area contributed by atoms with Gasteiger partial charge in [0.2, 0.25) is 0 Å². The lowest BCUT2D eigenvalue weighted by molar-refractivity contribution is 0.465. The van der Waals surface area contributed by atoms with E-state index in [2.05, 4.69) is 71.5 Å². The second-order valence-corrected chi connectivity index (χ2v) is 6.85. The molecule has 1 saturated carbocycles. The van der Waals surface area contributed by atoms with Crippen molar-refractivity contribution in [2.75, 3.05) is 6.54 Å². The van der Waals surface area contributed by atoms with Crippen LogP contribution in [0.15, 0.2) is 40.9 Å². The smallest absolute Gasteiger partial charge is 0.0357 e. The zero-order chi connectivity index (χ0) is 14.1. The molecule has 1 N–H and O–H groups in total. The van der Waals surface area contributed by atoms with Crippen molar-refractivity contribution in [2.45, 2.75) is 32.7 Å². The summed E-state index contributed by atoms with van der Waals surface area (Å²) in [6.07, 6.45) is 2.54. The van der Waals surface area contributed by atoms with Gasteiger partial charge in [-0.15, -0.1) is 0 Å². The molecule has 0 aliphatic heterocycles. The Morgan fingerprint density at radius 3 is 2.55 bits per heavy atom. The monoisotopic (exact) mass is 331 g/mol. The van der Waals surface area contributed by atoms with E-state index in [9.17, 15) is 0 Å². The van der Waals surface area contributed by atoms with E-state index in [0.717, 1.165) is 18.4 Å². The van der Waals surface area contributed by atoms with E-state index < -0.39 is 0 Å². The van der Waals surface area contributed by atoms with Crippen molar-refractivity contribution >= 4 is 26.7 Å². The zero-order valence-electron chi connectivity index (χ0n) is 12.2. The Bertz CT molecular complexity index is 607. The van der Waals surface area contributed by atoms with Gasteiger partial charge in [0.1, 0.15) is 0 Å². The van der Waals surface area contributed by atoms with Crippen molar-refractivity contribution in [2.24, 2.45) is 11.8 Å². The van der Waals surface area contributed by atoms with E-state index in [1.807, 2.05) is 0 Å². The van der Waals surface area contributed by atoms with Gasteiger partial charge in [-0.05, 0) is 53.6 Å². The van der Waals surface area contributed by atoms with Crippen LogP contribution in [0.25, 0.3) is 10.8 Å². The van der Waals surface area contributed by atoms with E-state index in [1.165, 1.54) is 33.7 Å². The van der Waals surface area contributed by atoms with Crippen LogP contribution in [-0.4, -0.2) is 6.54 Å².